The first kappa shape index (κ1) is 15.6. The fourth-order valence-corrected chi connectivity index (χ4v) is 2.56. The summed E-state index contributed by atoms with van der Waals surface area (Å²) in [6, 6.07) is 7.68. The van der Waals surface area contributed by atoms with E-state index >= 15 is 0 Å². The summed E-state index contributed by atoms with van der Waals surface area (Å²) in [5.74, 6) is 1.08. The summed E-state index contributed by atoms with van der Waals surface area (Å²) in [5, 5.41) is 2.95. The van der Waals surface area contributed by atoms with Crippen LogP contribution in [-0.4, -0.2) is 43.1 Å². The number of ether oxygens (including phenoxy) is 1. The summed E-state index contributed by atoms with van der Waals surface area (Å²) in [4.78, 5) is 14.2. The number of benzene rings is 1. The van der Waals surface area contributed by atoms with Gasteiger partial charge in [-0.25, -0.2) is 0 Å². The molecule has 21 heavy (non-hydrogen) atoms. The van der Waals surface area contributed by atoms with Crippen LogP contribution in [0.4, 0.5) is 5.69 Å². The summed E-state index contributed by atoms with van der Waals surface area (Å²) in [7, 11) is 0. The molecule has 1 saturated heterocycles. The SMILES string of the molecule is CC(C)N1CCC(CNC(=O)COc2cccc(N)c2)C1. The van der Waals surface area contributed by atoms with E-state index in [9.17, 15) is 4.79 Å². The lowest BCUT2D eigenvalue weighted by atomic mass is 10.1. The fraction of sp³-hybridized carbons (Fsp3) is 0.562. The average molecular weight is 291 g/mol. The molecule has 0 radical (unpaired) electrons. The highest BCUT2D eigenvalue weighted by Gasteiger charge is 2.24. The molecule has 0 aromatic heterocycles. The summed E-state index contributed by atoms with van der Waals surface area (Å²) < 4.78 is 5.42. The van der Waals surface area contributed by atoms with Crippen LogP contribution in [0.25, 0.3) is 0 Å². The largest absolute Gasteiger partial charge is 0.484 e. The topological polar surface area (TPSA) is 67.6 Å². The molecule has 2 rings (SSSR count). The second kappa shape index (κ2) is 7.31. The van der Waals surface area contributed by atoms with Gasteiger partial charge < -0.3 is 20.7 Å². The van der Waals surface area contributed by atoms with E-state index in [2.05, 4.69) is 24.1 Å². The molecule has 1 fully saturated rings. The first-order chi connectivity index (χ1) is 10.0. The van der Waals surface area contributed by atoms with Crippen LogP contribution in [0.2, 0.25) is 0 Å². The highest BCUT2D eigenvalue weighted by atomic mass is 16.5. The molecule has 116 valence electrons. The van der Waals surface area contributed by atoms with Crippen LogP contribution in [0, 0.1) is 5.92 Å². The van der Waals surface area contributed by atoms with Gasteiger partial charge in [-0.05, 0) is 44.9 Å². The maximum absolute atomic E-state index is 11.8. The van der Waals surface area contributed by atoms with Gasteiger partial charge in [0.05, 0.1) is 0 Å². The van der Waals surface area contributed by atoms with E-state index in [0.717, 1.165) is 26.1 Å². The third kappa shape index (κ3) is 4.93. The Hall–Kier alpha value is -1.75. The molecule has 0 spiro atoms. The van der Waals surface area contributed by atoms with Crippen molar-refractivity contribution in [3.63, 3.8) is 0 Å². The standard InChI is InChI=1S/C16H25N3O2/c1-12(2)19-7-6-13(10-19)9-18-16(20)11-21-15-5-3-4-14(17)8-15/h3-5,8,12-13H,6-7,9-11,17H2,1-2H3,(H,18,20). The molecule has 1 aromatic carbocycles. The van der Waals surface area contributed by atoms with Gasteiger partial charge in [-0.2, -0.15) is 0 Å². The van der Waals surface area contributed by atoms with Crippen molar-refractivity contribution < 1.29 is 9.53 Å². The highest BCUT2D eigenvalue weighted by molar-refractivity contribution is 5.77. The van der Waals surface area contributed by atoms with Crippen molar-refractivity contribution in [2.45, 2.75) is 26.3 Å². The van der Waals surface area contributed by atoms with Crippen LogP contribution in [0.5, 0.6) is 5.75 Å². The second-order valence-electron chi connectivity index (χ2n) is 5.91. The van der Waals surface area contributed by atoms with Crippen molar-refractivity contribution in [1.29, 1.82) is 0 Å². The number of carbonyl (C=O) groups excluding carboxylic acids is 1. The van der Waals surface area contributed by atoms with Gasteiger partial charge in [0.15, 0.2) is 6.61 Å². The third-order valence-corrected chi connectivity index (χ3v) is 3.86. The van der Waals surface area contributed by atoms with Crippen LogP contribution < -0.4 is 15.8 Å². The van der Waals surface area contributed by atoms with E-state index < -0.39 is 0 Å². The maximum atomic E-state index is 11.8. The van der Waals surface area contributed by atoms with Gasteiger partial charge in [-0.1, -0.05) is 6.07 Å². The Kier molecular flexibility index (Phi) is 5.44. The maximum Gasteiger partial charge on any atom is 0.257 e. The van der Waals surface area contributed by atoms with Gasteiger partial charge >= 0.3 is 0 Å². The highest BCUT2D eigenvalue weighted by Crippen LogP contribution is 2.17. The Labute approximate surface area is 126 Å². The Morgan fingerprint density at radius 2 is 2.33 bits per heavy atom. The summed E-state index contributed by atoms with van der Waals surface area (Å²) >= 11 is 0. The average Bonchev–Trinajstić information content (AvgIpc) is 2.92. The molecule has 5 heteroatoms. The number of anilines is 1. The van der Waals surface area contributed by atoms with Gasteiger partial charge in [0.25, 0.3) is 5.91 Å². The Morgan fingerprint density at radius 1 is 1.52 bits per heavy atom. The van der Waals surface area contributed by atoms with Crippen molar-refractivity contribution in [2.24, 2.45) is 5.92 Å². The number of rotatable bonds is 6. The lowest BCUT2D eigenvalue weighted by molar-refractivity contribution is -0.123. The second-order valence-corrected chi connectivity index (χ2v) is 5.91. The monoisotopic (exact) mass is 291 g/mol. The molecule has 1 atom stereocenters. The molecule has 5 nitrogen and oxygen atoms in total. The predicted octanol–water partition coefficient (Wildman–Crippen LogP) is 1.49. The first-order valence-electron chi connectivity index (χ1n) is 7.53. The minimum atomic E-state index is -0.0829. The van der Waals surface area contributed by atoms with E-state index in [1.165, 1.54) is 0 Å². The quantitative estimate of drug-likeness (QED) is 0.779. The van der Waals surface area contributed by atoms with Crippen molar-refractivity contribution in [3.05, 3.63) is 24.3 Å². The van der Waals surface area contributed by atoms with E-state index in [4.69, 9.17) is 10.5 Å². The van der Waals surface area contributed by atoms with Gasteiger partial charge in [0.1, 0.15) is 5.75 Å². The molecule has 1 aromatic rings. The number of hydrogen-bond acceptors (Lipinski definition) is 4. The molecule has 1 aliphatic rings. The molecule has 0 bridgehead atoms. The van der Waals surface area contributed by atoms with Crippen molar-refractivity contribution in [1.82, 2.24) is 10.2 Å². The van der Waals surface area contributed by atoms with E-state index in [1.54, 1.807) is 18.2 Å². The van der Waals surface area contributed by atoms with Crippen LogP contribution in [0.1, 0.15) is 20.3 Å². The molecule has 0 aliphatic carbocycles. The van der Waals surface area contributed by atoms with Crippen molar-refractivity contribution in [3.8, 4) is 5.75 Å². The summed E-state index contributed by atoms with van der Waals surface area (Å²) in [6.07, 6.45) is 1.15. The van der Waals surface area contributed by atoms with Crippen LogP contribution in [0.3, 0.4) is 0 Å². The smallest absolute Gasteiger partial charge is 0.257 e. The third-order valence-electron chi connectivity index (χ3n) is 3.86. The number of amides is 1. The number of nitrogens with zero attached hydrogens (tertiary/aromatic N) is 1. The molecule has 1 heterocycles. The van der Waals surface area contributed by atoms with Crippen LogP contribution in [-0.2, 0) is 4.79 Å². The predicted molar refractivity (Wildman–Crippen MR) is 84.2 cm³/mol. The van der Waals surface area contributed by atoms with Crippen molar-refractivity contribution >= 4 is 11.6 Å². The zero-order chi connectivity index (χ0) is 15.2. The van der Waals surface area contributed by atoms with Crippen molar-refractivity contribution in [2.75, 3.05) is 32.0 Å². The lowest BCUT2D eigenvalue weighted by Crippen LogP contribution is -2.35. The van der Waals surface area contributed by atoms with Crippen LogP contribution in [0.15, 0.2) is 24.3 Å². The first-order valence-corrected chi connectivity index (χ1v) is 7.53. The lowest BCUT2D eigenvalue weighted by Gasteiger charge is -2.20. The number of nitrogens with two attached hydrogens (primary N) is 1. The van der Waals surface area contributed by atoms with Crippen LogP contribution >= 0.6 is 0 Å². The number of likely N-dealkylation sites (tertiary alicyclic amines) is 1. The molecule has 1 unspecified atom stereocenters. The zero-order valence-electron chi connectivity index (χ0n) is 12.8. The van der Waals surface area contributed by atoms with Gasteiger partial charge in [-0.15, -0.1) is 0 Å². The van der Waals surface area contributed by atoms with Gasteiger partial charge in [0.2, 0.25) is 0 Å². The minimum absolute atomic E-state index is 0.0318. The number of nitrogen functional groups attached to an aromatic ring is 1. The van der Waals surface area contributed by atoms with E-state index in [1.807, 2.05) is 6.07 Å². The fourth-order valence-electron chi connectivity index (χ4n) is 2.56. The summed E-state index contributed by atoms with van der Waals surface area (Å²) in [5.41, 5.74) is 6.29. The molecule has 3 N–H and O–H groups in total. The molecule has 1 aliphatic heterocycles. The molecular formula is C16H25N3O2. The molecule has 1 amide bonds. The normalized spacial score (nSPS) is 18.9. The minimum Gasteiger partial charge on any atom is -0.484 e. The molecule has 0 saturated carbocycles. The zero-order valence-corrected chi connectivity index (χ0v) is 12.8. The Morgan fingerprint density at radius 3 is 3.00 bits per heavy atom. The molecular weight excluding hydrogens is 266 g/mol. The Bertz CT molecular complexity index is 476. The Balaban J connectivity index is 1.66. The van der Waals surface area contributed by atoms with E-state index in [-0.39, 0.29) is 12.5 Å². The van der Waals surface area contributed by atoms with Gasteiger partial charge in [0, 0.05) is 30.9 Å². The number of nitrogens with one attached hydrogen (secondary N) is 1. The number of hydrogen-bond donors (Lipinski definition) is 2. The number of carbonyl (C=O) groups is 1. The van der Waals surface area contributed by atoms with E-state index in [0.29, 0.717) is 23.4 Å². The van der Waals surface area contributed by atoms with Gasteiger partial charge in [-0.3, -0.25) is 4.79 Å². The summed E-state index contributed by atoms with van der Waals surface area (Å²) in [6.45, 7) is 7.36.